The maximum atomic E-state index is 10.9. The molecule has 3 nitrogen and oxygen atoms in total. The van der Waals surface area contributed by atoms with Crippen LogP contribution >= 0.6 is 0 Å². The number of carbonyl (C=O) groups is 1. The highest BCUT2D eigenvalue weighted by molar-refractivity contribution is 5.77. The number of piperidine rings is 1. The zero-order valence-corrected chi connectivity index (χ0v) is 6.39. The normalized spacial score (nSPS) is 33.6. The zero-order valence-electron chi connectivity index (χ0n) is 6.39. The number of carbonyl (C=O) groups excluding carboxylic acids is 1. The maximum absolute atomic E-state index is 10.9. The summed E-state index contributed by atoms with van der Waals surface area (Å²) in [6.45, 7) is 2.06. The van der Waals surface area contributed by atoms with Crippen LogP contribution in [-0.2, 0) is 9.53 Å². The number of methoxy groups -OCH3 is 1. The summed E-state index contributed by atoms with van der Waals surface area (Å²) in [5.41, 5.74) is 0. The Balaban J connectivity index is 2.42. The highest BCUT2D eigenvalue weighted by Crippen LogP contribution is 2.15. The van der Waals surface area contributed by atoms with Crippen LogP contribution in [0.5, 0.6) is 0 Å². The zero-order chi connectivity index (χ0) is 7.56. The van der Waals surface area contributed by atoms with Crippen LogP contribution in [0.25, 0.3) is 0 Å². The molecule has 0 aromatic heterocycles. The van der Waals surface area contributed by atoms with E-state index in [9.17, 15) is 4.79 Å². The van der Waals surface area contributed by atoms with Gasteiger partial charge in [0.25, 0.3) is 0 Å². The molecule has 0 aromatic carbocycles. The van der Waals surface area contributed by atoms with Crippen molar-refractivity contribution in [1.29, 1.82) is 0 Å². The lowest BCUT2D eigenvalue weighted by molar-refractivity contribution is -0.129. The number of ether oxygens (including phenoxy) is 1. The smallest absolute Gasteiger partial charge is 0.222 e. The quantitative estimate of drug-likeness (QED) is 0.580. The van der Waals surface area contributed by atoms with Gasteiger partial charge in [0, 0.05) is 13.5 Å². The number of rotatable bonds is 1. The Kier molecular flexibility index (Phi) is 2.27. The van der Waals surface area contributed by atoms with Crippen molar-refractivity contribution in [1.82, 2.24) is 5.32 Å². The van der Waals surface area contributed by atoms with Crippen LogP contribution in [0.3, 0.4) is 0 Å². The van der Waals surface area contributed by atoms with Gasteiger partial charge in [-0.3, -0.25) is 4.79 Å². The monoisotopic (exact) mass is 143 g/mol. The summed E-state index contributed by atoms with van der Waals surface area (Å²) < 4.78 is 5.00. The van der Waals surface area contributed by atoms with E-state index in [1.165, 1.54) is 0 Å². The second kappa shape index (κ2) is 3.01. The standard InChI is InChI=1S/C7H13NO2/c1-5-3-6(9)8-7(4-5)10-2/h5,7H,3-4H2,1-2H3,(H,8,9)/t5-,7?/m0/s1. The third-order valence-electron chi connectivity index (χ3n) is 1.76. The topological polar surface area (TPSA) is 38.3 Å². The SMILES string of the molecule is COC1C[C@@H](C)CC(=O)N1. The first-order chi connectivity index (χ1) is 4.72. The highest BCUT2D eigenvalue weighted by Gasteiger charge is 2.22. The third-order valence-corrected chi connectivity index (χ3v) is 1.76. The summed E-state index contributed by atoms with van der Waals surface area (Å²) in [7, 11) is 1.61. The minimum Gasteiger partial charge on any atom is -0.362 e. The minimum absolute atomic E-state index is 0.0590. The molecule has 2 atom stereocenters. The molecular formula is C7H13NO2. The first kappa shape index (κ1) is 7.54. The molecule has 1 rings (SSSR count). The Labute approximate surface area is 60.7 Å². The van der Waals surface area contributed by atoms with Gasteiger partial charge < -0.3 is 10.1 Å². The van der Waals surface area contributed by atoms with E-state index in [4.69, 9.17) is 4.74 Å². The molecule has 1 aliphatic rings. The van der Waals surface area contributed by atoms with Crippen LogP contribution < -0.4 is 5.32 Å². The average Bonchev–Trinajstić information content (AvgIpc) is 1.85. The van der Waals surface area contributed by atoms with E-state index in [2.05, 4.69) is 12.2 Å². The molecule has 0 aliphatic carbocycles. The number of nitrogens with one attached hydrogen (secondary N) is 1. The molecule has 1 aliphatic heterocycles. The number of hydrogen-bond donors (Lipinski definition) is 1. The highest BCUT2D eigenvalue weighted by atomic mass is 16.5. The Hall–Kier alpha value is -0.570. The lowest BCUT2D eigenvalue weighted by Gasteiger charge is -2.26. The van der Waals surface area contributed by atoms with Gasteiger partial charge in [-0.1, -0.05) is 6.92 Å². The predicted octanol–water partition coefficient (Wildman–Crippen LogP) is 0.505. The fourth-order valence-corrected chi connectivity index (χ4v) is 1.22. The second-order valence-electron chi connectivity index (χ2n) is 2.84. The summed E-state index contributed by atoms with van der Waals surface area (Å²) in [6, 6.07) is 0. The Bertz CT molecular complexity index is 136. The van der Waals surface area contributed by atoms with E-state index in [0.29, 0.717) is 12.3 Å². The summed E-state index contributed by atoms with van der Waals surface area (Å²) in [5, 5.41) is 2.74. The van der Waals surface area contributed by atoms with Gasteiger partial charge in [-0.25, -0.2) is 0 Å². The maximum Gasteiger partial charge on any atom is 0.222 e. The molecule has 0 spiro atoms. The van der Waals surface area contributed by atoms with Gasteiger partial charge >= 0.3 is 0 Å². The molecule has 0 saturated carbocycles. The summed E-state index contributed by atoms with van der Waals surface area (Å²) in [5.74, 6) is 0.560. The van der Waals surface area contributed by atoms with Crippen LogP contribution in [0.4, 0.5) is 0 Å². The summed E-state index contributed by atoms with van der Waals surface area (Å²) in [6.07, 6.45) is 1.51. The van der Waals surface area contributed by atoms with Crippen LogP contribution in [0.15, 0.2) is 0 Å². The fraction of sp³-hybridized carbons (Fsp3) is 0.857. The van der Waals surface area contributed by atoms with Gasteiger partial charge in [0.1, 0.15) is 6.23 Å². The van der Waals surface area contributed by atoms with Crippen LogP contribution in [0.1, 0.15) is 19.8 Å². The molecule has 1 N–H and O–H groups in total. The molecule has 1 saturated heterocycles. The number of hydrogen-bond acceptors (Lipinski definition) is 2. The van der Waals surface area contributed by atoms with E-state index < -0.39 is 0 Å². The van der Waals surface area contributed by atoms with Gasteiger partial charge in [-0.2, -0.15) is 0 Å². The van der Waals surface area contributed by atoms with Gasteiger partial charge in [-0.05, 0) is 12.3 Å². The molecule has 0 bridgehead atoms. The average molecular weight is 143 g/mol. The van der Waals surface area contributed by atoms with Gasteiger partial charge in [0.05, 0.1) is 0 Å². The van der Waals surface area contributed by atoms with E-state index in [0.717, 1.165) is 6.42 Å². The largest absolute Gasteiger partial charge is 0.362 e. The lowest BCUT2D eigenvalue weighted by atomic mass is 9.99. The Morgan fingerprint density at radius 2 is 2.40 bits per heavy atom. The Morgan fingerprint density at radius 3 is 2.90 bits per heavy atom. The van der Waals surface area contributed by atoms with Crippen molar-refractivity contribution in [3.8, 4) is 0 Å². The van der Waals surface area contributed by atoms with Crippen molar-refractivity contribution in [2.24, 2.45) is 5.92 Å². The van der Waals surface area contributed by atoms with E-state index in [1.807, 2.05) is 0 Å². The van der Waals surface area contributed by atoms with Crippen molar-refractivity contribution in [2.75, 3.05) is 7.11 Å². The van der Waals surface area contributed by atoms with Crippen LogP contribution in [-0.4, -0.2) is 19.2 Å². The predicted molar refractivity (Wildman–Crippen MR) is 37.3 cm³/mol. The molecule has 10 heavy (non-hydrogen) atoms. The van der Waals surface area contributed by atoms with Crippen molar-refractivity contribution >= 4 is 5.91 Å². The molecule has 3 heteroatoms. The van der Waals surface area contributed by atoms with Gasteiger partial charge in [0.15, 0.2) is 0 Å². The molecule has 58 valence electrons. The lowest BCUT2D eigenvalue weighted by Crippen LogP contribution is -2.42. The van der Waals surface area contributed by atoms with Crippen molar-refractivity contribution in [3.63, 3.8) is 0 Å². The van der Waals surface area contributed by atoms with Crippen molar-refractivity contribution < 1.29 is 9.53 Å². The summed E-state index contributed by atoms with van der Waals surface area (Å²) >= 11 is 0. The molecule has 1 heterocycles. The second-order valence-corrected chi connectivity index (χ2v) is 2.84. The molecule has 0 radical (unpaired) electrons. The first-order valence-electron chi connectivity index (χ1n) is 3.54. The first-order valence-corrected chi connectivity index (χ1v) is 3.54. The molecular weight excluding hydrogens is 130 g/mol. The summed E-state index contributed by atoms with van der Waals surface area (Å²) in [4.78, 5) is 10.9. The third kappa shape index (κ3) is 1.70. The van der Waals surface area contributed by atoms with E-state index in [-0.39, 0.29) is 12.1 Å². The molecule has 1 fully saturated rings. The Morgan fingerprint density at radius 1 is 1.70 bits per heavy atom. The molecule has 0 aromatic rings. The van der Waals surface area contributed by atoms with Gasteiger partial charge in [0.2, 0.25) is 5.91 Å². The van der Waals surface area contributed by atoms with E-state index >= 15 is 0 Å². The van der Waals surface area contributed by atoms with Crippen molar-refractivity contribution in [3.05, 3.63) is 0 Å². The van der Waals surface area contributed by atoms with Crippen LogP contribution in [0, 0.1) is 5.92 Å². The van der Waals surface area contributed by atoms with Crippen molar-refractivity contribution in [2.45, 2.75) is 26.0 Å². The molecule has 1 unspecified atom stereocenters. The number of amides is 1. The van der Waals surface area contributed by atoms with Crippen LogP contribution in [0.2, 0.25) is 0 Å². The fourth-order valence-electron chi connectivity index (χ4n) is 1.22. The van der Waals surface area contributed by atoms with E-state index in [1.54, 1.807) is 7.11 Å². The molecule has 1 amide bonds. The minimum atomic E-state index is -0.0590. The van der Waals surface area contributed by atoms with Gasteiger partial charge in [-0.15, -0.1) is 0 Å².